The number of amides is 3. The van der Waals surface area contributed by atoms with E-state index in [0.29, 0.717) is 22.7 Å². The second-order valence-corrected chi connectivity index (χ2v) is 7.74. The molecule has 0 spiro atoms. The van der Waals surface area contributed by atoms with E-state index in [2.05, 4.69) is 5.32 Å². The van der Waals surface area contributed by atoms with Crippen molar-refractivity contribution < 1.29 is 23.9 Å². The van der Waals surface area contributed by atoms with Crippen LogP contribution in [0.1, 0.15) is 19.4 Å². The summed E-state index contributed by atoms with van der Waals surface area (Å²) in [6.45, 7) is 3.45. The lowest BCUT2D eigenvalue weighted by molar-refractivity contribution is -0.127. The Balaban J connectivity index is 1.70. The summed E-state index contributed by atoms with van der Waals surface area (Å²) in [7, 11) is 1.55. The lowest BCUT2D eigenvalue weighted by Crippen LogP contribution is -2.36. The van der Waals surface area contributed by atoms with E-state index in [-0.39, 0.29) is 17.6 Å². The number of hydrogen-bond donors (Lipinski definition) is 1. The number of rotatable bonds is 7. The first kappa shape index (κ1) is 21.4. The molecule has 7 nitrogen and oxygen atoms in total. The molecule has 0 radical (unpaired) electrons. The fourth-order valence-electron chi connectivity index (χ4n) is 2.76. The van der Waals surface area contributed by atoms with Crippen LogP contribution in [-0.4, -0.2) is 41.7 Å². The van der Waals surface area contributed by atoms with Gasteiger partial charge in [0.2, 0.25) is 5.91 Å². The van der Waals surface area contributed by atoms with E-state index >= 15 is 0 Å². The summed E-state index contributed by atoms with van der Waals surface area (Å²) in [4.78, 5) is 38.5. The molecule has 3 rings (SSSR count). The first-order valence-electron chi connectivity index (χ1n) is 9.32. The second-order valence-electron chi connectivity index (χ2n) is 6.75. The number of ether oxygens (including phenoxy) is 2. The summed E-state index contributed by atoms with van der Waals surface area (Å²) in [6, 6.07) is 14.0. The number of methoxy groups -OCH3 is 1. The molecule has 1 fully saturated rings. The average molecular weight is 426 g/mol. The highest BCUT2D eigenvalue weighted by molar-refractivity contribution is 8.18. The number of thioether (sulfide) groups is 1. The van der Waals surface area contributed by atoms with Crippen molar-refractivity contribution in [2.24, 2.45) is 0 Å². The molecule has 2 aromatic carbocycles. The normalized spacial score (nSPS) is 15.1. The molecule has 0 aromatic heterocycles. The van der Waals surface area contributed by atoms with Crippen molar-refractivity contribution in [1.29, 1.82) is 0 Å². The van der Waals surface area contributed by atoms with Gasteiger partial charge in [-0.2, -0.15) is 0 Å². The van der Waals surface area contributed by atoms with Gasteiger partial charge in [0.05, 0.1) is 18.1 Å². The minimum atomic E-state index is -0.505. The Bertz CT molecular complexity index is 985. The van der Waals surface area contributed by atoms with Crippen molar-refractivity contribution in [2.75, 3.05) is 19.0 Å². The van der Waals surface area contributed by atoms with Crippen molar-refractivity contribution in [3.63, 3.8) is 0 Å². The zero-order valence-corrected chi connectivity index (χ0v) is 17.7. The molecule has 2 aromatic rings. The molecule has 1 aliphatic heterocycles. The van der Waals surface area contributed by atoms with Crippen LogP contribution < -0.4 is 14.8 Å². The van der Waals surface area contributed by atoms with E-state index in [1.807, 2.05) is 32.0 Å². The van der Waals surface area contributed by atoms with Crippen LogP contribution in [0.4, 0.5) is 10.5 Å². The number of benzene rings is 2. The van der Waals surface area contributed by atoms with Crippen molar-refractivity contribution in [1.82, 2.24) is 4.90 Å². The summed E-state index contributed by atoms with van der Waals surface area (Å²) >= 11 is 0.804. The first-order chi connectivity index (χ1) is 14.4. The lowest BCUT2D eigenvalue weighted by Gasteiger charge is -2.13. The Labute approximate surface area is 179 Å². The number of nitrogens with zero attached hydrogens (tertiary/aromatic N) is 1. The van der Waals surface area contributed by atoms with Crippen molar-refractivity contribution in [3.05, 3.63) is 59.0 Å². The monoisotopic (exact) mass is 426 g/mol. The molecule has 8 heteroatoms. The third kappa shape index (κ3) is 5.21. The van der Waals surface area contributed by atoms with Gasteiger partial charge in [-0.1, -0.05) is 18.2 Å². The predicted octanol–water partition coefficient (Wildman–Crippen LogP) is 4.16. The van der Waals surface area contributed by atoms with E-state index in [0.717, 1.165) is 16.7 Å². The Morgan fingerprint density at radius 3 is 2.50 bits per heavy atom. The van der Waals surface area contributed by atoms with Crippen LogP contribution in [0.2, 0.25) is 0 Å². The molecule has 1 aliphatic rings. The van der Waals surface area contributed by atoms with E-state index in [1.54, 1.807) is 43.5 Å². The van der Waals surface area contributed by atoms with Gasteiger partial charge in [0, 0.05) is 11.3 Å². The summed E-state index contributed by atoms with van der Waals surface area (Å²) in [5.41, 5.74) is 1.24. The molecule has 0 aliphatic carbocycles. The van der Waals surface area contributed by atoms with Crippen LogP contribution in [0.3, 0.4) is 0 Å². The summed E-state index contributed by atoms with van der Waals surface area (Å²) in [5.74, 6) is 0.309. The van der Waals surface area contributed by atoms with Gasteiger partial charge in [-0.3, -0.25) is 19.3 Å². The van der Waals surface area contributed by atoms with Crippen LogP contribution in [0.15, 0.2) is 53.4 Å². The molecule has 30 heavy (non-hydrogen) atoms. The second kappa shape index (κ2) is 9.49. The fourth-order valence-corrected chi connectivity index (χ4v) is 3.59. The topological polar surface area (TPSA) is 84.9 Å². The first-order valence-corrected chi connectivity index (χ1v) is 10.1. The molecule has 156 valence electrons. The number of hydrogen-bond acceptors (Lipinski definition) is 6. The molecular weight excluding hydrogens is 404 g/mol. The van der Waals surface area contributed by atoms with Gasteiger partial charge in [-0.05, 0) is 62.0 Å². The van der Waals surface area contributed by atoms with E-state index in [9.17, 15) is 14.4 Å². The Morgan fingerprint density at radius 1 is 1.13 bits per heavy atom. The molecule has 0 unspecified atom stereocenters. The van der Waals surface area contributed by atoms with Gasteiger partial charge >= 0.3 is 0 Å². The van der Waals surface area contributed by atoms with Gasteiger partial charge < -0.3 is 14.8 Å². The standard InChI is InChI=1S/C22H22N2O5S/c1-14(2)29-18-7-5-4-6-15(18)12-19-21(26)24(22(27)30-19)13-20(25)23-16-8-10-17(28-3)11-9-16/h4-12,14H,13H2,1-3H3,(H,23,25)/b19-12-. The molecule has 3 amide bonds. The molecule has 1 heterocycles. The van der Waals surface area contributed by atoms with Crippen molar-refractivity contribution in [3.8, 4) is 11.5 Å². The maximum Gasteiger partial charge on any atom is 0.294 e. The van der Waals surface area contributed by atoms with Crippen LogP contribution in [0, 0.1) is 0 Å². The zero-order valence-electron chi connectivity index (χ0n) is 16.9. The average Bonchev–Trinajstić information content (AvgIpc) is 2.97. The van der Waals surface area contributed by atoms with Crippen molar-refractivity contribution in [2.45, 2.75) is 20.0 Å². The number of nitrogens with one attached hydrogen (secondary N) is 1. The third-order valence-corrected chi connectivity index (χ3v) is 5.02. The molecule has 0 bridgehead atoms. The van der Waals surface area contributed by atoms with Crippen LogP contribution in [-0.2, 0) is 9.59 Å². The molecular formula is C22H22N2O5S. The van der Waals surface area contributed by atoms with Gasteiger partial charge in [-0.15, -0.1) is 0 Å². The fraction of sp³-hybridized carbons (Fsp3) is 0.227. The quantitative estimate of drug-likeness (QED) is 0.670. The van der Waals surface area contributed by atoms with Crippen LogP contribution >= 0.6 is 11.8 Å². The largest absolute Gasteiger partial charge is 0.497 e. The van der Waals surface area contributed by atoms with Gasteiger partial charge in [0.15, 0.2) is 0 Å². The van der Waals surface area contributed by atoms with Gasteiger partial charge in [0.25, 0.3) is 11.1 Å². The molecule has 0 atom stereocenters. The number of carbonyl (C=O) groups excluding carboxylic acids is 3. The predicted molar refractivity (Wildman–Crippen MR) is 117 cm³/mol. The van der Waals surface area contributed by atoms with Gasteiger partial charge in [-0.25, -0.2) is 0 Å². The van der Waals surface area contributed by atoms with Gasteiger partial charge in [0.1, 0.15) is 18.0 Å². The zero-order chi connectivity index (χ0) is 21.7. The van der Waals surface area contributed by atoms with E-state index in [4.69, 9.17) is 9.47 Å². The highest BCUT2D eigenvalue weighted by Crippen LogP contribution is 2.34. The molecule has 1 N–H and O–H groups in total. The minimum absolute atomic E-state index is 0.0312. The van der Waals surface area contributed by atoms with Crippen molar-refractivity contribution >= 4 is 40.6 Å². The molecule has 0 saturated carbocycles. The third-order valence-electron chi connectivity index (χ3n) is 4.12. The Kier molecular flexibility index (Phi) is 6.79. The summed E-state index contributed by atoms with van der Waals surface area (Å²) in [5, 5.41) is 2.18. The smallest absolute Gasteiger partial charge is 0.294 e. The van der Waals surface area contributed by atoms with Crippen LogP contribution in [0.5, 0.6) is 11.5 Å². The molecule has 1 saturated heterocycles. The maximum absolute atomic E-state index is 12.7. The summed E-state index contributed by atoms with van der Waals surface area (Å²) in [6.07, 6.45) is 1.58. The van der Waals surface area contributed by atoms with Crippen LogP contribution in [0.25, 0.3) is 6.08 Å². The summed E-state index contributed by atoms with van der Waals surface area (Å²) < 4.78 is 10.8. The Morgan fingerprint density at radius 2 is 1.83 bits per heavy atom. The number of imide groups is 1. The number of carbonyl (C=O) groups is 3. The highest BCUT2D eigenvalue weighted by atomic mass is 32.2. The number of para-hydroxylation sites is 1. The minimum Gasteiger partial charge on any atom is -0.497 e. The lowest BCUT2D eigenvalue weighted by atomic mass is 10.2. The SMILES string of the molecule is COc1ccc(NC(=O)CN2C(=O)S/C(=C\c3ccccc3OC(C)C)C2=O)cc1. The van der Waals surface area contributed by atoms with E-state index < -0.39 is 17.1 Å². The number of anilines is 1. The maximum atomic E-state index is 12.7. The highest BCUT2D eigenvalue weighted by Gasteiger charge is 2.36. The Hall–Kier alpha value is -3.26. The van der Waals surface area contributed by atoms with E-state index in [1.165, 1.54) is 0 Å².